The quantitative estimate of drug-likeness (QED) is 0.611. The standard InChI is InChI=1S/C16H16F4N2O2/c17-13-5-2-12(3-6-13)4-7-14(23)21-8-1-9-22(11-10-21)15(24)16(18,19)20/h2-7H,1,8-11H2/b7-4+. The van der Waals surface area contributed by atoms with Gasteiger partial charge in [0.2, 0.25) is 5.91 Å². The van der Waals surface area contributed by atoms with Gasteiger partial charge in [0.15, 0.2) is 0 Å². The molecule has 0 atom stereocenters. The minimum Gasteiger partial charge on any atom is -0.337 e. The van der Waals surface area contributed by atoms with Gasteiger partial charge in [-0.2, -0.15) is 13.2 Å². The third kappa shape index (κ3) is 4.81. The van der Waals surface area contributed by atoms with E-state index >= 15 is 0 Å². The minimum atomic E-state index is -4.90. The zero-order valence-electron chi connectivity index (χ0n) is 12.7. The largest absolute Gasteiger partial charge is 0.471 e. The summed E-state index contributed by atoms with van der Waals surface area (Å²) in [6, 6.07) is 5.53. The van der Waals surface area contributed by atoms with Gasteiger partial charge in [0.25, 0.3) is 0 Å². The number of alkyl halides is 3. The third-order valence-corrected chi connectivity index (χ3v) is 3.63. The highest BCUT2D eigenvalue weighted by Crippen LogP contribution is 2.19. The van der Waals surface area contributed by atoms with Gasteiger partial charge in [-0.1, -0.05) is 12.1 Å². The fourth-order valence-electron chi connectivity index (χ4n) is 2.37. The van der Waals surface area contributed by atoms with Crippen molar-refractivity contribution < 1.29 is 27.2 Å². The van der Waals surface area contributed by atoms with Crippen molar-refractivity contribution in [2.75, 3.05) is 26.2 Å². The highest BCUT2D eigenvalue weighted by Gasteiger charge is 2.42. The molecule has 0 radical (unpaired) electrons. The molecule has 1 heterocycles. The van der Waals surface area contributed by atoms with Crippen molar-refractivity contribution in [3.63, 3.8) is 0 Å². The van der Waals surface area contributed by atoms with E-state index in [9.17, 15) is 27.2 Å². The Morgan fingerprint density at radius 2 is 1.54 bits per heavy atom. The summed E-state index contributed by atoms with van der Waals surface area (Å²) >= 11 is 0. The molecule has 1 fully saturated rings. The Hall–Kier alpha value is -2.38. The molecule has 130 valence electrons. The van der Waals surface area contributed by atoms with E-state index in [4.69, 9.17) is 0 Å². The lowest BCUT2D eigenvalue weighted by atomic mass is 10.2. The summed E-state index contributed by atoms with van der Waals surface area (Å²) in [5.41, 5.74) is 0.633. The summed E-state index contributed by atoms with van der Waals surface area (Å²) in [6.07, 6.45) is -1.83. The summed E-state index contributed by atoms with van der Waals surface area (Å²) in [5, 5.41) is 0. The van der Waals surface area contributed by atoms with Crippen molar-refractivity contribution in [3.05, 3.63) is 41.7 Å². The van der Waals surface area contributed by atoms with E-state index in [1.165, 1.54) is 41.3 Å². The molecular formula is C16H16F4N2O2. The maximum Gasteiger partial charge on any atom is 0.471 e. The van der Waals surface area contributed by atoms with Crippen LogP contribution >= 0.6 is 0 Å². The number of carbonyl (C=O) groups is 2. The van der Waals surface area contributed by atoms with Crippen LogP contribution in [0.2, 0.25) is 0 Å². The second-order valence-corrected chi connectivity index (χ2v) is 5.35. The summed E-state index contributed by atoms with van der Waals surface area (Å²) in [5.74, 6) is -2.63. The van der Waals surface area contributed by atoms with Crippen molar-refractivity contribution in [3.8, 4) is 0 Å². The Bertz CT molecular complexity index is 626. The third-order valence-electron chi connectivity index (χ3n) is 3.63. The molecule has 2 rings (SSSR count). The van der Waals surface area contributed by atoms with Crippen molar-refractivity contribution in [1.29, 1.82) is 0 Å². The molecule has 8 heteroatoms. The first-order chi connectivity index (χ1) is 11.3. The van der Waals surface area contributed by atoms with Gasteiger partial charge in [-0.15, -0.1) is 0 Å². The van der Waals surface area contributed by atoms with Crippen LogP contribution in [-0.2, 0) is 9.59 Å². The molecule has 1 aromatic rings. The highest BCUT2D eigenvalue weighted by molar-refractivity contribution is 5.92. The fraction of sp³-hybridized carbons (Fsp3) is 0.375. The van der Waals surface area contributed by atoms with Gasteiger partial charge < -0.3 is 9.80 Å². The fourth-order valence-corrected chi connectivity index (χ4v) is 2.37. The lowest BCUT2D eigenvalue weighted by Crippen LogP contribution is -2.43. The summed E-state index contributed by atoms with van der Waals surface area (Å²) < 4.78 is 50.1. The number of halogens is 4. The smallest absolute Gasteiger partial charge is 0.337 e. The van der Waals surface area contributed by atoms with Gasteiger partial charge >= 0.3 is 12.1 Å². The number of rotatable bonds is 2. The minimum absolute atomic E-state index is 0.0361. The van der Waals surface area contributed by atoms with Crippen LogP contribution in [0.1, 0.15) is 12.0 Å². The molecule has 2 amide bonds. The lowest BCUT2D eigenvalue weighted by Gasteiger charge is -2.22. The van der Waals surface area contributed by atoms with Gasteiger partial charge in [0.05, 0.1) is 0 Å². The van der Waals surface area contributed by atoms with Crippen molar-refractivity contribution >= 4 is 17.9 Å². The first-order valence-corrected chi connectivity index (χ1v) is 7.36. The summed E-state index contributed by atoms with van der Waals surface area (Å²) in [7, 11) is 0. The van der Waals surface area contributed by atoms with E-state index in [2.05, 4.69) is 0 Å². The number of hydrogen-bond acceptors (Lipinski definition) is 2. The Balaban J connectivity index is 1.94. The first-order valence-electron chi connectivity index (χ1n) is 7.36. The highest BCUT2D eigenvalue weighted by atomic mass is 19.4. The number of amides is 2. The Kier molecular flexibility index (Phi) is 5.58. The molecule has 1 aliphatic rings. The van der Waals surface area contributed by atoms with E-state index in [-0.39, 0.29) is 44.3 Å². The molecule has 0 aliphatic carbocycles. The Morgan fingerprint density at radius 1 is 0.958 bits per heavy atom. The molecule has 0 aromatic heterocycles. The molecule has 1 aromatic carbocycles. The van der Waals surface area contributed by atoms with Gasteiger partial charge in [-0.25, -0.2) is 4.39 Å². The van der Waals surface area contributed by atoms with E-state index in [1.807, 2.05) is 0 Å². The second-order valence-electron chi connectivity index (χ2n) is 5.35. The van der Waals surface area contributed by atoms with Gasteiger partial charge in [-0.05, 0) is 30.2 Å². The Labute approximate surface area is 136 Å². The topological polar surface area (TPSA) is 40.6 Å². The van der Waals surface area contributed by atoms with Gasteiger partial charge in [0.1, 0.15) is 5.82 Å². The molecule has 4 nitrogen and oxygen atoms in total. The molecule has 0 spiro atoms. The Morgan fingerprint density at radius 3 is 2.17 bits per heavy atom. The molecule has 1 aliphatic heterocycles. The molecule has 24 heavy (non-hydrogen) atoms. The first kappa shape index (κ1) is 18.0. The van der Waals surface area contributed by atoms with Crippen LogP contribution < -0.4 is 0 Å². The zero-order chi connectivity index (χ0) is 17.7. The maximum absolute atomic E-state index is 12.8. The molecular weight excluding hydrogens is 328 g/mol. The van der Waals surface area contributed by atoms with Crippen LogP contribution in [0.15, 0.2) is 30.3 Å². The summed E-state index contributed by atoms with van der Waals surface area (Å²) in [6.45, 7) is 0.112. The van der Waals surface area contributed by atoms with Gasteiger partial charge in [-0.3, -0.25) is 9.59 Å². The van der Waals surface area contributed by atoms with E-state index in [0.717, 1.165) is 4.90 Å². The van der Waals surface area contributed by atoms with Gasteiger partial charge in [0, 0.05) is 32.3 Å². The summed E-state index contributed by atoms with van der Waals surface area (Å²) in [4.78, 5) is 25.5. The number of hydrogen-bond donors (Lipinski definition) is 0. The van der Waals surface area contributed by atoms with Crippen molar-refractivity contribution in [2.45, 2.75) is 12.6 Å². The molecule has 1 saturated heterocycles. The zero-order valence-corrected chi connectivity index (χ0v) is 12.7. The predicted octanol–water partition coefficient (Wildman–Crippen LogP) is 2.46. The van der Waals surface area contributed by atoms with Crippen LogP contribution in [0.25, 0.3) is 6.08 Å². The van der Waals surface area contributed by atoms with Crippen LogP contribution in [0.5, 0.6) is 0 Å². The average Bonchev–Trinajstić information content (AvgIpc) is 2.78. The monoisotopic (exact) mass is 344 g/mol. The molecule has 0 N–H and O–H groups in total. The number of carbonyl (C=O) groups excluding carboxylic acids is 2. The molecule has 0 bridgehead atoms. The maximum atomic E-state index is 12.8. The van der Waals surface area contributed by atoms with Crippen LogP contribution in [0, 0.1) is 5.82 Å². The second kappa shape index (κ2) is 7.46. The average molecular weight is 344 g/mol. The number of benzene rings is 1. The lowest BCUT2D eigenvalue weighted by molar-refractivity contribution is -0.185. The van der Waals surface area contributed by atoms with Crippen LogP contribution in [0.4, 0.5) is 17.6 Å². The van der Waals surface area contributed by atoms with E-state index in [1.54, 1.807) is 0 Å². The molecule has 0 unspecified atom stereocenters. The van der Waals surface area contributed by atoms with Crippen molar-refractivity contribution in [2.24, 2.45) is 0 Å². The SMILES string of the molecule is O=C(/C=C/c1ccc(F)cc1)N1CCCN(C(=O)C(F)(F)F)CC1. The van der Waals surface area contributed by atoms with Crippen LogP contribution in [0.3, 0.4) is 0 Å². The molecule has 0 saturated carbocycles. The van der Waals surface area contributed by atoms with Crippen LogP contribution in [-0.4, -0.2) is 54.0 Å². The van der Waals surface area contributed by atoms with E-state index in [0.29, 0.717) is 5.56 Å². The predicted molar refractivity (Wildman–Crippen MR) is 79.3 cm³/mol. The number of nitrogens with zero attached hydrogens (tertiary/aromatic N) is 2. The normalized spacial score (nSPS) is 16.3. The van der Waals surface area contributed by atoms with E-state index < -0.39 is 12.1 Å². The van der Waals surface area contributed by atoms with Crippen molar-refractivity contribution in [1.82, 2.24) is 9.80 Å².